The highest BCUT2D eigenvalue weighted by atomic mass is 16.3. The molecule has 1 nitrogen and oxygen atoms in total. The molecule has 0 fully saturated rings. The lowest BCUT2D eigenvalue weighted by Crippen LogP contribution is -1.95. The molecule has 62 valence electrons. The van der Waals surface area contributed by atoms with Crippen LogP contribution in [0.3, 0.4) is 0 Å². The maximum absolute atomic E-state index is 8.93. The summed E-state index contributed by atoms with van der Waals surface area (Å²) in [6.45, 7) is 1.74. The molecule has 0 saturated heterocycles. The fourth-order valence-electron chi connectivity index (χ4n) is 0.822. The number of aliphatic hydroxyl groups excluding tert-OH is 1. The molecule has 0 unspecified atom stereocenters. The van der Waals surface area contributed by atoms with Crippen LogP contribution in [0.25, 0.3) is 0 Å². The van der Waals surface area contributed by atoms with Crippen molar-refractivity contribution in [2.24, 2.45) is 0 Å². The Morgan fingerprint density at radius 3 is 2.58 bits per heavy atom. The summed E-state index contributed by atoms with van der Waals surface area (Å²) in [6, 6.07) is 9.77. The maximum atomic E-state index is 8.93. The van der Waals surface area contributed by atoms with Gasteiger partial charge in [-0.25, -0.2) is 0 Å². The Morgan fingerprint density at radius 1 is 1.33 bits per heavy atom. The molecule has 1 heteroatoms. The number of rotatable bonds is 1. The average Bonchev–Trinajstić information content (AvgIpc) is 2.05. The first-order valence-electron chi connectivity index (χ1n) is 4.01. The predicted molar refractivity (Wildman–Crippen MR) is 49.6 cm³/mol. The normalized spacial score (nSPS) is 11.5. The van der Waals surface area contributed by atoms with Gasteiger partial charge < -0.3 is 5.11 Å². The summed E-state index contributed by atoms with van der Waals surface area (Å²) in [7, 11) is 0. The molecule has 1 N–H and O–H groups in total. The van der Waals surface area contributed by atoms with Gasteiger partial charge in [0.2, 0.25) is 0 Å². The molecule has 1 rings (SSSR count). The van der Waals surface area contributed by atoms with E-state index in [0.717, 1.165) is 5.56 Å². The lowest BCUT2D eigenvalue weighted by molar-refractivity contribution is 0.201. The zero-order valence-electron chi connectivity index (χ0n) is 7.12. The average molecular weight is 160 g/mol. The van der Waals surface area contributed by atoms with Crippen LogP contribution in [0, 0.1) is 11.8 Å². The van der Waals surface area contributed by atoms with E-state index in [9.17, 15) is 0 Å². The van der Waals surface area contributed by atoms with Gasteiger partial charge in [-0.2, -0.15) is 0 Å². The SMILES string of the molecule is C[C@H](O)CC#Cc1ccccc1. The van der Waals surface area contributed by atoms with Crippen LogP contribution in [-0.4, -0.2) is 11.2 Å². The van der Waals surface area contributed by atoms with Crippen molar-refractivity contribution in [3.05, 3.63) is 35.9 Å². The van der Waals surface area contributed by atoms with Crippen molar-refractivity contribution in [3.8, 4) is 11.8 Å². The van der Waals surface area contributed by atoms with Gasteiger partial charge in [-0.05, 0) is 19.1 Å². The molecular formula is C11H12O. The van der Waals surface area contributed by atoms with Crippen molar-refractivity contribution in [1.82, 2.24) is 0 Å². The number of hydrogen-bond acceptors (Lipinski definition) is 1. The second-order valence-corrected chi connectivity index (χ2v) is 2.72. The van der Waals surface area contributed by atoms with Gasteiger partial charge in [0.25, 0.3) is 0 Å². The summed E-state index contributed by atoms with van der Waals surface area (Å²) in [4.78, 5) is 0. The van der Waals surface area contributed by atoms with Crippen LogP contribution >= 0.6 is 0 Å². The number of hydrogen-bond donors (Lipinski definition) is 1. The molecule has 0 aliphatic heterocycles. The Bertz CT molecular complexity index is 277. The standard InChI is InChI=1S/C11H12O/c1-10(12)6-5-9-11-7-3-2-4-8-11/h2-4,7-8,10,12H,6H2,1H3/t10-/m0/s1. The molecule has 0 amide bonds. The Balaban J connectivity index is 2.55. The third kappa shape index (κ3) is 3.23. The molecule has 0 aliphatic rings. The predicted octanol–water partition coefficient (Wildman–Crippen LogP) is 1.81. The summed E-state index contributed by atoms with van der Waals surface area (Å²) >= 11 is 0. The Morgan fingerprint density at radius 2 is 2.00 bits per heavy atom. The van der Waals surface area contributed by atoms with Crippen LogP contribution in [0.1, 0.15) is 18.9 Å². The van der Waals surface area contributed by atoms with E-state index in [-0.39, 0.29) is 6.10 Å². The van der Waals surface area contributed by atoms with E-state index in [2.05, 4.69) is 11.8 Å². The van der Waals surface area contributed by atoms with E-state index in [1.54, 1.807) is 6.92 Å². The van der Waals surface area contributed by atoms with Crippen molar-refractivity contribution >= 4 is 0 Å². The first-order valence-corrected chi connectivity index (χ1v) is 4.01. The summed E-state index contributed by atoms with van der Waals surface area (Å²) in [5.41, 5.74) is 0.998. The van der Waals surface area contributed by atoms with Crippen LogP contribution in [-0.2, 0) is 0 Å². The fraction of sp³-hybridized carbons (Fsp3) is 0.273. The van der Waals surface area contributed by atoms with Gasteiger partial charge in [-0.3, -0.25) is 0 Å². The molecule has 0 bridgehead atoms. The number of aliphatic hydroxyl groups is 1. The first-order chi connectivity index (χ1) is 5.79. The largest absolute Gasteiger partial charge is 0.392 e. The second-order valence-electron chi connectivity index (χ2n) is 2.72. The zero-order chi connectivity index (χ0) is 8.81. The minimum Gasteiger partial charge on any atom is -0.392 e. The zero-order valence-corrected chi connectivity index (χ0v) is 7.12. The van der Waals surface area contributed by atoms with Crippen molar-refractivity contribution < 1.29 is 5.11 Å². The van der Waals surface area contributed by atoms with Crippen molar-refractivity contribution in [2.45, 2.75) is 19.4 Å². The maximum Gasteiger partial charge on any atom is 0.0621 e. The van der Waals surface area contributed by atoms with Gasteiger partial charge in [0.05, 0.1) is 6.10 Å². The molecule has 1 aromatic carbocycles. The van der Waals surface area contributed by atoms with Crippen LogP contribution in [0.2, 0.25) is 0 Å². The smallest absolute Gasteiger partial charge is 0.0621 e. The monoisotopic (exact) mass is 160 g/mol. The highest BCUT2D eigenvalue weighted by Crippen LogP contribution is 1.95. The minimum atomic E-state index is -0.332. The van der Waals surface area contributed by atoms with Crippen molar-refractivity contribution in [1.29, 1.82) is 0 Å². The second kappa shape index (κ2) is 4.58. The number of benzene rings is 1. The lowest BCUT2D eigenvalue weighted by atomic mass is 10.2. The van der Waals surface area contributed by atoms with Crippen molar-refractivity contribution in [2.75, 3.05) is 0 Å². The summed E-state index contributed by atoms with van der Waals surface area (Å²) < 4.78 is 0. The summed E-state index contributed by atoms with van der Waals surface area (Å²) in [5, 5.41) is 8.93. The fourth-order valence-corrected chi connectivity index (χ4v) is 0.822. The minimum absolute atomic E-state index is 0.332. The highest BCUT2D eigenvalue weighted by molar-refractivity contribution is 5.33. The molecule has 0 aromatic heterocycles. The highest BCUT2D eigenvalue weighted by Gasteiger charge is 1.88. The van der Waals surface area contributed by atoms with E-state index in [0.29, 0.717) is 6.42 Å². The molecule has 0 aliphatic carbocycles. The summed E-state index contributed by atoms with van der Waals surface area (Å²) in [6.07, 6.45) is 0.204. The molecule has 12 heavy (non-hydrogen) atoms. The molecule has 0 heterocycles. The van der Waals surface area contributed by atoms with Gasteiger partial charge >= 0.3 is 0 Å². The van der Waals surface area contributed by atoms with E-state index in [1.165, 1.54) is 0 Å². The third-order valence-electron chi connectivity index (χ3n) is 1.40. The Kier molecular flexibility index (Phi) is 3.37. The molecule has 1 aromatic rings. The van der Waals surface area contributed by atoms with E-state index < -0.39 is 0 Å². The van der Waals surface area contributed by atoms with Crippen LogP contribution < -0.4 is 0 Å². The first kappa shape index (κ1) is 8.83. The van der Waals surface area contributed by atoms with Crippen LogP contribution in [0.15, 0.2) is 30.3 Å². The Hall–Kier alpha value is -1.26. The Labute approximate surface area is 73.0 Å². The topological polar surface area (TPSA) is 20.2 Å². The van der Waals surface area contributed by atoms with Crippen LogP contribution in [0.4, 0.5) is 0 Å². The quantitative estimate of drug-likeness (QED) is 0.621. The molecule has 0 saturated carbocycles. The van der Waals surface area contributed by atoms with Crippen LogP contribution in [0.5, 0.6) is 0 Å². The van der Waals surface area contributed by atoms with E-state index >= 15 is 0 Å². The van der Waals surface area contributed by atoms with Gasteiger partial charge in [-0.15, -0.1) is 0 Å². The van der Waals surface area contributed by atoms with Gasteiger partial charge in [0, 0.05) is 12.0 Å². The van der Waals surface area contributed by atoms with Gasteiger partial charge in [0.1, 0.15) is 0 Å². The third-order valence-corrected chi connectivity index (χ3v) is 1.40. The summed E-state index contributed by atoms with van der Waals surface area (Å²) in [5.74, 6) is 5.87. The molecule has 0 radical (unpaired) electrons. The molecule has 0 spiro atoms. The molecular weight excluding hydrogens is 148 g/mol. The van der Waals surface area contributed by atoms with E-state index in [4.69, 9.17) is 5.11 Å². The van der Waals surface area contributed by atoms with Gasteiger partial charge in [0.15, 0.2) is 0 Å². The van der Waals surface area contributed by atoms with Crippen molar-refractivity contribution in [3.63, 3.8) is 0 Å². The molecule has 1 atom stereocenters. The lowest BCUT2D eigenvalue weighted by Gasteiger charge is -1.92. The van der Waals surface area contributed by atoms with E-state index in [1.807, 2.05) is 30.3 Å². The van der Waals surface area contributed by atoms with Gasteiger partial charge in [-0.1, -0.05) is 30.0 Å².